The number of carbonyl (C=O) groups is 1. The van der Waals surface area contributed by atoms with Crippen molar-refractivity contribution in [1.29, 1.82) is 0 Å². The molecular formula is C25H31N5O2S. The van der Waals surface area contributed by atoms with Crippen molar-refractivity contribution in [3.63, 3.8) is 0 Å². The lowest BCUT2D eigenvalue weighted by molar-refractivity contribution is 0.0995. The molecule has 0 bridgehead atoms. The van der Waals surface area contributed by atoms with Gasteiger partial charge in [-0.3, -0.25) is 14.6 Å². The number of nitrogens with one attached hydrogen (secondary N) is 1. The second-order valence-electron chi connectivity index (χ2n) is 9.40. The number of nitrogens with zero attached hydrogens (tertiary/aromatic N) is 3. The molecule has 0 spiro atoms. The topological polar surface area (TPSA) is 103 Å². The molecule has 3 N–H and O–H groups in total. The maximum atomic E-state index is 13.2. The number of nitrogens with two attached hydrogens (primary N) is 1. The lowest BCUT2D eigenvalue weighted by Crippen LogP contribution is -2.31. The summed E-state index contributed by atoms with van der Waals surface area (Å²) in [6.07, 6.45) is 9.52. The Kier molecular flexibility index (Phi) is 6.93. The molecule has 174 valence electrons. The summed E-state index contributed by atoms with van der Waals surface area (Å²) in [6, 6.07) is 4.25. The van der Waals surface area contributed by atoms with Crippen molar-refractivity contribution >= 4 is 23.1 Å². The Morgan fingerprint density at radius 2 is 1.97 bits per heavy atom. The molecule has 0 radical (unpaired) electrons. The number of hydrogen-bond acceptors (Lipinski definition) is 6. The first kappa shape index (κ1) is 23.2. The van der Waals surface area contributed by atoms with Crippen molar-refractivity contribution in [2.75, 3.05) is 5.32 Å². The smallest absolute Gasteiger partial charge is 0.273 e. The molecular weight excluding hydrogens is 434 g/mol. The van der Waals surface area contributed by atoms with Gasteiger partial charge < -0.3 is 15.6 Å². The number of hydrogen-bond donors (Lipinski definition) is 2. The molecule has 1 saturated carbocycles. The second kappa shape index (κ2) is 9.87. The fourth-order valence-corrected chi connectivity index (χ4v) is 5.19. The maximum Gasteiger partial charge on any atom is 0.273 e. The Morgan fingerprint density at radius 3 is 2.58 bits per heavy atom. The van der Waals surface area contributed by atoms with E-state index in [1.54, 1.807) is 6.20 Å². The molecule has 0 unspecified atom stereocenters. The third-order valence-electron chi connectivity index (χ3n) is 6.30. The predicted octanol–water partition coefficient (Wildman–Crippen LogP) is 4.57. The van der Waals surface area contributed by atoms with E-state index in [1.165, 1.54) is 11.5 Å². The van der Waals surface area contributed by atoms with Crippen LogP contribution in [0.15, 0.2) is 40.9 Å². The van der Waals surface area contributed by atoms with Crippen molar-refractivity contribution in [3.8, 4) is 11.1 Å². The number of anilines is 1. The highest BCUT2D eigenvalue weighted by Crippen LogP contribution is 2.34. The predicted molar refractivity (Wildman–Crippen MR) is 133 cm³/mol. The van der Waals surface area contributed by atoms with Crippen molar-refractivity contribution in [3.05, 3.63) is 63.3 Å². The van der Waals surface area contributed by atoms with Crippen LogP contribution in [0.25, 0.3) is 11.1 Å². The Hall–Kier alpha value is -3.00. The summed E-state index contributed by atoms with van der Waals surface area (Å²) in [5.41, 5.74) is 10.4. The molecule has 0 aliphatic heterocycles. The minimum absolute atomic E-state index is 0.0274. The number of carbonyl (C=O) groups excluding carboxylic acids is 1. The highest BCUT2D eigenvalue weighted by Gasteiger charge is 2.24. The standard InChI is InChI=1S/C25H31N5O2S/c1-15(2)12-30-13-19(20-11-28-33-14-20)9-22(25(30)32)29-21-6-4-17(5-7-21)18-8-16(3)23(24(26)31)27-10-18/h8-11,13-15,17,21,29H,4-7,12H2,1-3H3,(H2,26,31). The molecule has 3 aromatic heterocycles. The minimum Gasteiger partial charge on any atom is -0.378 e. The average Bonchev–Trinajstić information content (AvgIpc) is 3.31. The van der Waals surface area contributed by atoms with E-state index in [2.05, 4.69) is 28.5 Å². The number of aryl methyl sites for hydroxylation is 1. The Balaban J connectivity index is 1.49. The molecule has 7 nitrogen and oxygen atoms in total. The number of rotatable bonds is 7. The van der Waals surface area contributed by atoms with E-state index < -0.39 is 5.91 Å². The van der Waals surface area contributed by atoms with E-state index in [1.807, 2.05) is 41.4 Å². The SMILES string of the molecule is Cc1cc(C2CCC(Nc3cc(-c4cnsc4)cn(CC(C)C)c3=O)CC2)cnc1C(N)=O. The Labute approximate surface area is 198 Å². The number of amides is 1. The van der Waals surface area contributed by atoms with Gasteiger partial charge in [0.25, 0.3) is 11.5 Å². The van der Waals surface area contributed by atoms with Crippen LogP contribution in [0.4, 0.5) is 5.69 Å². The normalized spacial score (nSPS) is 18.4. The highest BCUT2D eigenvalue weighted by atomic mass is 32.1. The van der Waals surface area contributed by atoms with Crippen molar-refractivity contribution in [2.24, 2.45) is 11.7 Å². The molecule has 33 heavy (non-hydrogen) atoms. The van der Waals surface area contributed by atoms with Gasteiger partial charge in [0.05, 0.1) is 0 Å². The van der Waals surface area contributed by atoms with E-state index in [0.717, 1.165) is 47.9 Å². The van der Waals surface area contributed by atoms with Crippen LogP contribution in [0.1, 0.15) is 67.1 Å². The molecule has 1 fully saturated rings. The van der Waals surface area contributed by atoms with Gasteiger partial charge in [-0.15, -0.1) is 0 Å². The first-order valence-corrected chi connectivity index (χ1v) is 12.3. The lowest BCUT2D eigenvalue weighted by Gasteiger charge is -2.30. The van der Waals surface area contributed by atoms with Gasteiger partial charge in [-0.2, -0.15) is 0 Å². The maximum absolute atomic E-state index is 13.2. The molecule has 4 rings (SSSR count). The monoisotopic (exact) mass is 465 g/mol. The van der Waals surface area contributed by atoms with Crippen molar-refractivity contribution in [1.82, 2.24) is 13.9 Å². The van der Waals surface area contributed by atoms with E-state index in [0.29, 0.717) is 29.8 Å². The first-order chi connectivity index (χ1) is 15.8. The van der Waals surface area contributed by atoms with E-state index in [9.17, 15) is 9.59 Å². The number of primary amides is 1. The Bertz CT molecular complexity index is 1180. The van der Waals surface area contributed by atoms with Gasteiger partial charge in [-0.1, -0.05) is 19.9 Å². The highest BCUT2D eigenvalue weighted by molar-refractivity contribution is 7.03. The van der Waals surface area contributed by atoms with Crippen LogP contribution < -0.4 is 16.6 Å². The van der Waals surface area contributed by atoms with Gasteiger partial charge in [0.15, 0.2) is 0 Å². The third-order valence-corrected chi connectivity index (χ3v) is 6.89. The quantitative estimate of drug-likeness (QED) is 0.532. The first-order valence-electron chi connectivity index (χ1n) is 11.5. The zero-order chi connectivity index (χ0) is 23.5. The molecule has 1 aliphatic rings. The van der Waals surface area contributed by atoms with Crippen LogP contribution in [0, 0.1) is 12.8 Å². The number of pyridine rings is 2. The Morgan fingerprint density at radius 1 is 1.21 bits per heavy atom. The van der Waals surface area contributed by atoms with Gasteiger partial charge in [0.2, 0.25) is 0 Å². The zero-order valence-corrected chi connectivity index (χ0v) is 20.2. The van der Waals surface area contributed by atoms with Gasteiger partial charge in [0, 0.05) is 47.7 Å². The molecule has 1 aliphatic carbocycles. The molecule has 8 heteroatoms. The summed E-state index contributed by atoms with van der Waals surface area (Å²) in [5.74, 6) is 0.285. The second-order valence-corrected chi connectivity index (χ2v) is 10.1. The third kappa shape index (κ3) is 5.33. The van der Waals surface area contributed by atoms with E-state index in [4.69, 9.17) is 5.73 Å². The number of aromatic nitrogens is 3. The van der Waals surface area contributed by atoms with Crippen LogP contribution in [0.5, 0.6) is 0 Å². The van der Waals surface area contributed by atoms with Crippen molar-refractivity contribution in [2.45, 2.75) is 65.0 Å². The van der Waals surface area contributed by atoms with Crippen LogP contribution in [-0.2, 0) is 6.54 Å². The molecule has 1 amide bonds. The average molecular weight is 466 g/mol. The summed E-state index contributed by atoms with van der Waals surface area (Å²) >= 11 is 1.41. The summed E-state index contributed by atoms with van der Waals surface area (Å²) in [4.78, 5) is 28.9. The van der Waals surface area contributed by atoms with Gasteiger partial charge in [-0.25, -0.2) is 4.37 Å². The summed E-state index contributed by atoms with van der Waals surface area (Å²) < 4.78 is 6.04. The van der Waals surface area contributed by atoms with E-state index in [-0.39, 0.29) is 11.6 Å². The van der Waals surface area contributed by atoms with Crippen molar-refractivity contribution < 1.29 is 4.79 Å². The largest absolute Gasteiger partial charge is 0.378 e. The lowest BCUT2D eigenvalue weighted by atomic mass is 9.82. The molecule has 0 aromatic carbocycles. The zero-order valence-electron chi connectivity index (χ0n) is 19.4. The summed E-state index contributed by atoms with van der Waals surface area (Å²) in [5, 5.41) is 5.55. The fraction of sp³-hybridized carbons (Fsp3) is 0.440. The summed E-state index contributed by atoms with van der Waals surface area (Å²) in [6.45, 7) is 6.79. The van der Waals surface area contributed by atoms with Crippen LogP contribution in [-0.4, -0.2) is 25.9 Å². The van der Waals surface area contributed by atoms with Crippen LogP contribution >= 0.6 is 11.5 Å². The molecule has 3 heterocycles. The van der Waals surface area contributed by atoms with Gasteiger partial charge in [-0.05, 0) is 73.2 Å². The summed E-state index contributed by atoms with van der Waals surface area (Å²) in [7, 11) is 0. The van der Waals surface area contributed by atoms with Gasteiger partial charge >= 0.3 is 0 Å². The van der Waals surface area contributed by atoms with Gasteiger partial charge in [0.1, 0.15) is 11.4 Å². The molecule has 0 atom stereocenters. The fourth-order valence-electron chi connectivity index (χ4n) is 4.64. The van der Waals surface area contributed by atoms with Crippen LogP contribution in [0.2, 0.25) is 0 Å². The van der Waals surface area contributed by atoms with E-state index >= 15 is 0 Å². The minimum atomic E-state index is -0.490. The molecule has 3 aromatic rings. The molecule has 0 saturated heterocycles. The van der Waals surface area contributed by atoms with Crippen LogP contribution in [0.3, 0.4) is 0 Å².